The van der Waals surface area contributed by atoms with E-state index in [9.17, 15) is 14.4 Å². The van der Waals surface area contributed by atoms with Gasteiger partial charge in [-0.25, -0.2) is 4.79 Å². The molecule has 2 aliphatic rings. The zero-order valence-corrected chi connectivity index (χ0v) is 19.6. The largest absolute Gasteiger partial charge is 0.444 e. The summed E-state index contributed by atoms with van der Waals surface area (Å²) >= 11 is 0. The van der Waals surface area contributed by atoms with Crippen LogP contribution < -0.4 is 5.32 Å². The molecule has 2 unspecified atom stereocenters. The minimum atomic E-state index is -0.552. The van der Waals surface area contributed by atoms with E-state index in [-0.39, 0.29) is 23.8 Å². The third kappa shape index (κ3) is 6.97. The molecule has 1 N–H and O–H groups in total. The van der Waals surface area contributed by atoms with Gasteiger partial charge in [-0.2, -0.15) is 0 Å². The van der Waals surface area contributed by atoms with Crippen LogP contribution in [0.5, 0.6) is 0 Å². The first-order chi connectivity index (χ1) is 15.2. The van der Waals surface area contributed by atoms with E-state index in [1.54, 1.807) is 0 Å². The molecular formula is C25H37N3O4. The number of alkyl carbamates (subject to hydrolysis) is 1. The van der Waals surface area contributed by atoms with E-state index in [4.69, 9.17) is 4.74 Å². The van der Waals surface area contributed by atoms with Crippen molar-refractivity contribution in [1.29, 1.82) is 0 Å². The summed E-state index contributed by atoms with van der Waals surface area (Å²) in [6, 6.07) is 9.70. The lowest BCUT2D eigenvalue weighted by Gasteiger charge is -2.40. The highest BCUT2D eigenvalue weighted by molar-refractivity contribution is 5.82. The van der Waals surface area contributed by atoms with Crippen molar-refractivity contribution in [1.82, 2.24) is 15.1 Å². The predicted molar refractivity (Wildman–Crippen MR) is 123 cm³/mol. The molecule has 2 fully saturated rings. The summed E-state index contributed by atoms with van der Waals surface area (Å²) in [5.74, 6) is 0.0130. The molecule has 7 heteroatoms. The van der Waals surface area contributed by atoms with Crippen LogP contribution in [0.1, 0.15) is 58.4 Å². The Balaban J connectivity index is 1.56. The molecule has 0 spiro atoms. The number of nitrogens with one attached hydrogen (secondary N) is 1. The van der Waals surface area contributed by atoms with Crippen LogP contribution in [0.15, 0.2) is 30.3 Å². The minimum Gasteiger partial charge on any atom is -0.444 e. The van der Waals surface area contributed by atoms with Gasteiger partial charge in [0, 0.05) is 32.2 Å². The first-order valence-corrected chi connectivity index (χ1v) is 11.8. The Morgan fingerprint density at radius 2 is 1.78 bits per heavy atom. The van der Waals surface area contributed by atoms with Crippen molar-refractivity contribution >= 4 is 17.9 Å². The zero-order valence-electron chi connectivity index (χ0n) is 19.6. The Kier molecular flexibility index (Phi) is 8.15. The van der Waals surface area contributed by atoms with Crippen molar-refractivity contribution in [2.45, 2.75) is 70.9 Å². The Labute approximate surface area is 191 Å². The van der Waals surface area contributed by atoms with E-state index in [1.165, 1.54) is 0 Å². The highest BCUT2D eigenvalue weighted by Gasteiger charge is 2.35. The Hall–Kier alpha value is -2.57. The molecule has 32 heavy (non-hydrogen) atoms. The van der Waals surface area contributed by atoms with Crippen LogP contribution in [0, 0.1) is 5.92 Å². The fourth-order valence-corrected chi connectivity index (χ4v) is 4.54. The first kappa shape index (κ1) is 24.1. The maximum atomic E-state index is 13.4. The van der Waals surface area contributed by atoms with Crippen LogP contribution in [0.4, 0.5) is 4.79 Å². The number of likely N-dealkylation sites (tertiary alicyclic amines) is 2. The summed E-state index contributed by atoms with van der Waals surface area (Å²) in [7, 11) is 0. The second kappa shape index (κ2) is 10.8. The van der Waals surface area contributed by atoms with E-state index in [1.807, 2.05) is 60.9 Å². The second-order valence-corrected chi connectivity index (χ2v) is 9.91. The molecular weight excluding hydrogens is 406 g/mol. The monoisotopic (exact) mass is 443 g/mol. The maximum absolute atomic E-state index is 13.4. The molecule has 0 aliphatic carbocycles. The van der Waals surface area contributed by atoms with Gasteiger partial charge in [0.25, 0.3) is 0 Å². The fraction of sp³-hybridized carbons (Fsp3) is 0.640. The van der Waals surface area contributed by atoms with Gasteiger partial charge in [0.1, 0.15) is 5.60 Å². The molecule has 176 valence electrons. The van der Waals surface area contributed by atoms with Crippen molar-refractivity contribution in [3.05, 3.63) is 35.9 Å². The number of amides is 3. The van der Waals surface area contributed by atoms with Gasteiger partial charge in [-0.3, -0.25) is 9.59 Å². The molecule has 1 aromatic rings. The molecule has 2 saturated heterocycles. The number of benzene rings is 1. The van der Waals surface area contributed by atoms with Crippen LogP contribution in [-0.2, 0) is 20.7 Å². The van der Waals surface area contributed by atoms with E-state index in [0.717, 1.165) is 37.7 Å². The molecule has 1 aromatic carbocycles. The number of rotatable bonds is 5. The topological polar surface area (TPSA) is 79.0 Å². The van der Waals surface area contributed by atoms with Gasteiger partial charge in [0.15, 0.2) is 0 Å². The quantitative estimate of drug-likeness (QED) is 0.757. The van der Waals surface area contributed by atoms with Crippen molar-refractivity contribution in [2.24, 2.45) is 5.92 Å². The van der Waals surface area contributed by atoms with Crippen molar-refractivity contribution < 1.29 is 19.1 Å². The number of hydrogen-bond acceptors (Lipinski definition) is 4. The van der Waals surface area contributed by atoms with Crippen molar-refractivity contribution in [3.63, 3.8) is 0 Å². The summed E-state index contributed by atoms with van der Waals surface area (Å²) in [5, 5.41) is 2.83. The standard InChI is InChI=1S/C25H37N3O4/c1-25(2,3)32-24(31)26-17-21-13-7-8-15-28(21)23(30)20-12-9-14-27(18-20)22(29)16-19-10-5-4-6-11-19/h4-6,10-11,20-21H,7-9,12-18H2,1-3H3,(H,26,31). The van der Waals surface area contributed by atoms with Gasteiger partial charge < -0.3 is 19.9 Å². The van der Waals surface area contributed by atoms with Crippen molar-refractivity contribution in [2.75, 3.05) is 26.2 Å². The first-order valence-electron chi connectivity index (χ1n) is 11.8. The predicted octanol–water partition coefficient (Wildman–Crippen LogP) is 3.37. The number of nitrogens with zero attached hydrogens (tertiary/aromatic N) is 2. The normalized spacial score (nSPS) is 21.7. The molecule has 0 aromatic heterocycles. The van der Waals surface area contributed by atoms with Gasteiger partial charge in [-0.1, -0.05) is 30.3 Å². The lowest BCUT2D eigenvalue weighted by Crippen LogP contribution is -2.54. The lowest BCUT2D eigenvalue weighted by atomic mass is 9.93. The highest BCUT2D eigenvalue weighted by Crippen LogP contribution is 2.25. The highest BCUT2D eigenvalue weighted by atomic mass is 16.6. The molecule has 3 amide bonds. The number of hydrogen-bond donors (Lipinski definition) is 1. The maximum Gasteiger partial charge on any atom is 0.407 e. The number of piperidine rings is 2. The van der Waals surface area contributed by atoms with Crippen LogP contribution in [0.3, 0.4) is 0 Å². The van der Waals surface area contributed by atoms with Gasteiger partial charge >= 0.3 is 6.09 Å². The Morgan fingerprint density at radius 1 is 1.03 bits per heavy atom. The van der Waals surface area contributed by atoms with E-state index in [0.29, 0.717) is 32.6 Å². The third-order valence-electron chi connectivity index (χ3n) is 6.11. The van der Waals surface area contributed by atoms with Gasteiger partial charge in [-0.05, 0) is 58.4 Å². The molecule has 2 heterocycles. The number of carbonyl (C=O) groups is 3. The van der Waals surface area contributed by atoms with Crippen LogP contribution >= 0.6 is 0 Å². The molecule has 3 rings (SSSR count). The molecule has 2 atom stereocenters. The second-order valence-electron chi connectivity index (χ2n) is 9.91. The van der Waals surface area contributed by atoms with Crippen molar-refractivity contribution in [3.8, 4) is 0 Å². The number of carbonyl (C=O) groups excluding carboxylic acids is 3. The summed E-state index contributed by atoms with van der Waals surface area (Å²) in [6.45, 7) is 7.77. The zero-order chi connectivity index (χ0) is 23.1. The molecule has 0 bridgehead atoms. The summed E-state index contributed by atoms with van der Waals surface area (Å²) in [6.07, 6.45) is 4.43. The van der Waals surface area contributed by atoms with E-state index >= 15 is 0 Å². The molecule has 0 radical (unpaired) electrons. The minimum absolute atomic E-state index is 0.0286. The van der Waals surface area contributed by atoms with Gasteiger partial charge in [-0.15, -0.1) is 0 Å². The van der Waals surface area contributed by atoms with Gasteiger partial charge in [0.05, 0.1) is 12.3 Å². The summed E-state index contributed by atoms with van der Waals surface area (Å²) < 4.78 is 5.33. The number of ether oxygens (including phenoxy) is 1. The summed E-state index contributed by atoms with van der Waals surface area (Å²) in [4.78, 5) is 42.1. The van der Waals surface area contributed by atoms with Crippen LogP contribution in [0.2, 0.25) is 0 Å². The van der Waals surface area contributed by atoms with Crippen LogP contribution in [0.25, 0.3) is 0 Å². The Bertz CT molecular complexity index is 790. The summed E-state index contributed by atoms with van der Waals surface area (Å²) in [5.41, 5.74) is 0.444. The van der Waals surface area contributed by atoms with E-state index < -0.39 is 11.7 Å². The Morgan fingerprint density at radius 3 is 2.50 bits per heavy atom. The van der Waals surface area contributed by atoms with Crippen LogP contribution in [-0.4, -0.2) is 65.5 Å². The third-order valence-corrected chi connectivity index (χ3v) is 6.11. The fourth-order valence-electron chi connectivity index (χ4n) is 4.54. The smallest absolute Gasteiger partial charge is 0.407 e. The molecule has 7 nitrogen and oxygen atoms in total. The van der Waals surface area contributed by atoms with Gasteiger partial charge in [0.2, 0.25) is 11.8 Å². The lowest BCUT2D eigenvalue weighted by molar-refractivity contribution is -0.143. The van der Waals surface area contributed by atoms with E-state index in [2.05, 4.69) is 5.32 Å². The average molecular weight is 444 g/mol. The molecule has 0 saturated carbocycles. The SMILES string of the molecule is CC(C)(C)OC(=O)NCC1CCCCN1C(=O)C1CCCN(C(=O)Cc2ccccc2)C1. The molecule has 2 aliphatic heterocycles. The average Bonchev–Trinajstić information content (AvgIpc) is 2.77.